The van der Waals surface area contributed by atoms with Crippen LogP contribution in [0, 0.1) is 0 Å². The molecule has 1 aromatic rings. The highest BCUT2D eigenvalue weighted by Gasteiger charge is 2.29. The van der Waals surface area contributed by atoms with Crippen LogP contribution in [0.15, 0.2) is 18.2 Å². The quantitative estimate of drug-likeness (QED) is 0.675. The molecule has 2 rings (SSSR count). The molecule has 1 aliphatic heterocycles. The summed E-state index contributed by atoms with van der Waals surface area (Å²) in [6.45, 7) is 0. The molecule has 0 aliphatic carbocycles. The molecule has 0 saturated heterocycles. The number of carbonyl (C=O) groups excluding carboxylic acids is 2. The maximum absolute atomic E-state index is 11.4. The molecule has 0 unspecified atom stereocenters. The van der Waals surface area contributed by atoms with Gasteiger partial charge in [-0.3, -0.25) is 19.7 Å². The maximum Gasteiger partial charge on any atom is 0.307 e. The number of carboxylic acids is 1. The Morgan fingerprint density at radius 2 is 2.00 bits per heavy atom. The largest absolute Gasteiger partial charge is 0.481 e. The van der Waals surface area contributed by atoms with Crippen LogP contribution < -0.4 is 5.32 Å². The first kappa shape index (κ1) is 9.39. The van der Waals surface area contributed by atoms with Crippen molar-refractivity contribution in [3.63, 3.8) is 0 Å². The third-order valence-corrected chi connectivity index (χ3v) is 2.19. The van der Waals surface area contributed by atoms with E-state index in [9.17, 15) is 14.4 Å². The monoisotopic (exact) mass is 205 g/mol. The minimum Gasteiger partial charge on any atom is -0.481 e. The van der Waals surface area contributed by atoms with Crippen LogP contribution >= 0.6 is 0 Å². The van der Waals surface area contributed by atoms with Gasteiger partial charge in [-0.2, -0.15) is 0 Å². The van der Waals surface area contributed by atoms with Gasteiger partial charge in [0.15, 0.2) is 0 Å². The average Bonchev–Trinajstić information content (AvgIpc) is 2.43. The van der Waals surface area contributed by atoms with Gasteiger partial charge in [0.2, 0.25) is 0 Å². The van der Waals surface area contributed by atoms with E-state index in [0.29, 0.717) is 5.56 Å². The first-order valence-electron chi connectivity index (χ1n) is 4.29. The summed E-state index contributed by atoms with van der Waals surface area (Å²) in [7, 11) is 0. The number of benzene rings is 1. The molecule has 0 atom stereocenters. The van der Waals surface area contributed by atoms with Crippen LogP contribution in [0.3, 0.4) is 0 Å². The number of rotatable bonds is 2. The van der Waals surface area contributed by atoms with Gasteiger partial charge in [-0.05, 0) is 11.6 Å². The molecule has 0 radical (unpaired) electrons. The normalized spacial score (nSPS) is 13.6. The summed E-state index contributed by atoms with van der Waals surface area (Å²) in [6.07, 6.45) is -0.260. The van der Waals surface area contributed by atoms with Crippen molar-refractivity contribution >= 4 is 17.8 Å². The number of carbonyl (C=O) groups is 3. The molecule has 0 bridgehead atoms. The molecule has 5 nitrogen and oxygen atoms in total. The van der Waals surface area contributed by atoms with Gasteiger partial charge in [0, 0.05) is 0 Å². The molecule has 0 spiro atoms. The van der Waals surface area contributed by atoms with E-state index >= 15 is 0 Å². The first-order valence-corrected chi connectivity index (χ1v) is 4.29. The van der Waals surface area contributed by atoms with Crippen molar-refractivity contribution in [2.45, 2.75) is 6.42 Å². The van der Waals surface area contributed by atoms with E-state index in [-0.39, 0.29) is 17.5 Å². The van der Waals surface area contributed by atoms with E-state index < -0.39 is 17.8 Å². The van der Waals surface area contributed by atoms with Gasteiger partial charge in [-0.25, -0.2) is 0 Å². The number of hydrogen-bond acceptors (Lipinski definition) is 3. The van der Waals surface area contributed by atoms with Crippen LogP contribution in [0.5, 0.6) is 0 Å². The third kappa shape index (κ3) is 1.48. The van der Waals surface area contributed by atoms with Gasteiger partial charge in [0.05, 0.1) is 17.5 Å². The van der Waals surface area contributed by atoms with Gasteiger partial charge < -0.3 is 5.11 Å². The maximum atomic E-state index is 11.4. The van der Waals surface area contributed by atoms with Crippen molar-refractivity contribution in [1.82, 2.24) is 5.32 Å². The van der Waals surface area contributed by atoms with E-state index in [0.717, 1.165) is 0 Å². The summed E-state index contributed by atoms with van der Waals surface area (Å²) >= 11 is 0. The SMILES string of the molecule is O=C(O)Cc1cccc2c1C(=O)NC2=O. The van der Waals surface area contributed by atoms with Crippen LogP contribution in [-0.2, 0) is 11.2 Å². The second kappa shape index (κ2) is 3.20. The molecule has 5 heteroatoms. The summed E-state index contributed by atoms with van der Waals surface area (Å²) in [5, 5.41) is 10.8. The number of nitrogens with one attached hydrogen (secondary N) is 1. The molecule has 1 aromatic carbocycles. The van der Waals surface area contributed by atoms with E-state index in [1.165, 1.54) is 12.1 Å². The number of amides is 2. The van der Waals surface area contributed by atoms with Crippen LogP contribution in [0.2, 0.25) is 0 Å². The molecule has 0 fully saturated rings. The van der Waals surface area contributed by atoms with Gasteiger partial charge in [-0.1, -0.05) is 12.1 Å². The van der Waals surface area contributed by atoms with Crippen LogP contribution in [0.4, 0.5) is 0 Å². The fourth-order valence-electron chi connectivity index (χ4n) is 1.60. The lowest BCUT2D eigenvalue weighted by Crippen LogP contribution is -2.20. The number of hydrogen-bond donors (Lipinski definition) is 2. The zero-order valence-corrected chi connectivity index (χ0v) is 7.61. The molecule has 0 aromatic heterocycles. The second-order valence-electron chi connectivity index (χ2n) is 3.19. The number of aliphatic carboxylic acids is 1. The molecule has 1 aliphatic rings. The lowest BCUT2D eigenvalue weighted by molar-refractivity contribution is -0.136. The van der Waals surface area contributed by atoms with Crippen LogP contribution in [0.25, 0.3) is 0 Å². The van der Waals surface area contributed by atoms with Gasteiger partial charge in [-0.15, -0.1) is 0 Å². The molecular formula is C10H7NO4. The summed E-state index contributed by atoms with van der Waals surface area (Å²) in [6, 6.07) is 4.60. The summed E-state index contributed by atoms with van der Waals surface area (Å²) < 4.78 is 0. The minimum absolute atomic E-state index is 0.185. The Morgan fingerprint density at radius 1 is 1.27 bits per heavy atom. The van der Waals surface area contributed by atoms with E-state index in [1.807, 2.05) is 0 Å². The van der Waals surface area contributed by atoms with Gasteiger partial charge in [0.25, 0.3) is 11.8 Å². The number of fused-ring (bicyclic) bond motifs is 1. The Bertz CT molecular complexity index is 478. The van der Waals surface area contributed by atoms with Crippen LogP contribution in [0.1, 0.15) is 26.3 Å². The Balaban J connectivity index is 2.55. The zero-order chi connectivity index (χ0) is 11.0. The van der Waals surface area contributed by atoms with E-state index in [4.69, 9.17) is 5.11 Å². The van der Waals surface area contributed by atoms with Gasteiger partial charge in [0.1, 0.15) is 0 Å². The molecule has 76 valence electrons. The fraction of sp³-hybridized carbons (Fsp3) is 0.100. The minimum atomic E-state index is -1.03. The molecule has 1 heterocycles. The summed E-state index contributed by atoms with van der Waals surface area (Å²) in [5.41, 5.74) is 0.798. The van der Waals surface area contributed by atoms with Crippen molar-refractivity contribution in [2.24, 2.45) is 0 Å². The lowest BCUT2D eigenvalue weighted by atomic mass is 10.0. The smallest absolute Gasteiger partial charge is 0.307 e. The number of imide groups is 1. The molecular weight excluding hydrogens is 198 g/mol. The van der Waals surface area contributed by atoms with Crippen molar-refractivity contribution in [1.29, 1.82) is 0 Å². The summed E-state index contributed by atoms with van der Waals surface area (Å²) in [5.74, 6) is -2.02. The summed E-state index contributed by atoms with van der Waals surface area (Å²) in [4.78, 5) is 33.1. The Morgan fingerprint density at radius 3 is 2.67 bits per heavy atom. The predicted molar refractivity (Wildman–Crippen MR) is 49.6 cm³/mol. The highest BCUT2D eigenvalue weighted by atomic mass is 16.4. The first-order chi connectivity index (χ1) is 7.09. The standard InChI is InChI=1S/C10H7NO4/c12-7(13)4-5-2-1-3-6-8(5)10(15)11-9(6)14/h1-3H,4H2,(H,12,13)(H,11,14,15). The molecule has 2 N–H and O–H groups in total. The molecule has 2 amide bonds. The van der Waals surface area contributed by atoms with Crippen LogP contribution in [-0.4, -0.2) is 22.9 Å². The van der Waals surface area contributed by atoms with E-state index in [1.54, 1.807) is 6.07 Å². The van der Waals surface area contributed by atoms with E-state index in [2.05, 4.69) is 5.32 Å². The number of carboxylic acid groups (broad SMARTS) is 1. The highest BCUT2D eigenvalue weighted by Crippen LogP contribution is 2.20. The van der Waals surface area contributed by atoms with Crippen molar-refractivity contribution in [3.05, 3.63) is 34.9 Å². The lowest BCUT2D eigenvalue weighted by Gasteiger charge is -2.01. The van der Waals surface area contributed by atoms with Crippen molar-refractivity contribution in [3.8, 4) is 0 Å². The van der Waals surface area contributed by atoms with Gasteiger partial charge >= 0.3 is 5.97 Å². The molecule has 0 saturated carbocycles. The average molecular weight is 205 g/mol. The predicted octanol–water partition coefficient (Wildman–Crippen LogP) is 0.197. The second-order valence-corrected chi connectivity index (χ2v) is 3.19. The Kier molecular flexibility index (Phi) is 2.00. The third-order valence-electron chi connectivity index (χ3n) is 2.19. The highest BCUT2D eigenvalue weighted by molar-refractivity contribution is 6.22. The van der Waals surface area contributed by atoms with Crippen molar-refractivity contribution in [2.75, 3.05) is 0 Å². The molecule has 15 heavy (non-hydrogen) atoms. The van der Waals surface area contributed by atoms with Crippen molar-refractivity contribution < 1.29 is 19.5 Å². The fourth-order valence-corrected chi connectivity index (χ4v) is 1.60. The Labute approximate surface area is 84.7 Å². The topological polar surface area (TPSA) is 83.5 Å². The Hall–Kier alpha value is -2.17. The zero-order valence-electron chi connectivity index (χ0n) is 7.61.